The minimum Gasteiger partial charge on any atom is -0.493 e. The first-order valence-electron chi connectivity index (χ1n) is 6.71. The third-order valence-corrected chi connectivity index (χ3v) is 3.84. The summed E-state index contributed by atoms with van der Waals surface area (Å²) in [5.41, 5.74) is 1.70. The van der Waals surface area contributed by atoms with Gasteiger partial charge in [0, 0.05) is 10.9 Å². The third kappa shape index (κ3) is 4.51. The molecule has 0 fully saturated rings. The summed E-state index contributed by atoms with van der Waals surface area (Å²) >= 11 is 3.46. The van der Waals surface area contributed by atoms with E-state index >= 15 is 0 Å². The van der Waals surface area contributed by atoms with Crippen LogP contribution in [0.3, 0.4) is 0 Å². The molecule has 0 aliphatic carbocycles. The summed E-state index contributed by atoms with van der Waals surface area (Å²) in [6, 6.07) is 15.3. The first kappa shape index (κ1) is 15.4. The first-order valence-corrected chi connectivity index (χ1v) is 7.51. The van der Waals surface area contributed by atoms with Crippen LogP contribution in [0.5, 0.6) is 11.5 Å². The number of para-hydroxylation sites is 1. The molecule has 3 nitrogen and oxygen atoms in total. The molecule has 2 aromatic carbocycles. The Balaban J connectivity index is 1.75. The molecule has 0 saturated carbocycles. The first-order chi connectivity index (χ1) is 10.2. The highest BCUT2D eigenvalue weighted by Crippen LogP contribution is 2.21. The van der Waals surface area contributed by atoms with E-state index < -0.39 is 0 Å². The molecule has 0 bridgehead atoms. The lowest BCUT2D eigenvalue weighted by molar-refractivity contribution is 0.247. The third-order valence-electron chi connectivity index (χ3n) is 2.95. The van der Waals surface area contributed by atoms with E-state index in [1.54, 1.807) is 12.1 Å². The summed E-state index contributed by atoms with van der Waals surface area (Å²) < 4.78 is 12.3. The Labute approximate surface area is 133 Å². The molecule has 0 amide bonds. The average Bonchev–Trinajstić information content (AvgIpc) is 2.51. The Hall–Kier alpha value is -1.99. The van der Waals surface area contributed by atoms with Gasteiger partial charge in [-0.1, -0.05) is 28.1 Å². The van der Waals surface area contributed by atoms with Crippen LogP contribution in [-0.4, -0.2) is 13.2 Å². The maximum Gasteiger partial charge on any atom is 0.137 e. The molecule has 108 valence electrons. The van der Waals surface area contributed by atoms with Gasteiger partial charge in [-0.25, -0.2) is 0 Å². The molecule has 0 aliphatic heterocycles. The molecular weight excluding hydrogens is 330 g/mol. The van der Waals surface area contributed by atoms with Crippen LogP contribution in [0, 0.1) is 18.3 Å². The molecule has 2 rings (SSSR count). The van der Waals surface area contributed by atoms with Crippen molar-refractivity contribution in [2.24, 2.45) is 0 Å². The van der Waals surface area contributed by atoms with Gasteiger partial charge in [0.2, 0.25) is 0 Å². The Kier molecular flexibility index (Phi) is 5.65. The van der Waals surface area contributed by atoms with Gasteiger partial charge >= 0.3 is 0 Å². The van der Waals surface area contributed by atoms with Gasteiger partial charge in [0.05, 0.1) is 18.8 Å². The molecule has 0 unspecified atom stereocenters. The highest BCUT2D eigenvalue weighted by Gasteiger charge is 2.02. The summed E-state index contributed by atoms with van der Waals surface area (Å²) in [5.74, 6) is 1.48. The van der Waals surface area contributed by atoms with Crippen LogP contribution in [0.1, 0.15) is 17.5 Å². The lowest BCUT2D eigenvalue weighted by Crippen LogP contribution is -2.05. The molecule has 0 spiro atoms. The predicted molar refractivity (Wildman–Crippen MR) is 85.6 cm³/mol. The number of aryl methyl sites for hydroxylation is 1. The van der Waals surface area contributed by atoms with Crippen molar-refractivity contribution >= 4 is 15.9 Å². The van der Waals surface area contributed by atoms with Gasteiger partial charge in [0.25, 0.3) is 0 Å². The molecule has 0 radical (unpaired) electrons. The van der Waals surface area contributed by atoms with Crippen molar-refractivity contribution in [1.29, 1.82) is 5.26 Å². The molecule has 0 N–H and O–H groups in total. The van der Waals surface area contributed by atoms with Gasteiger partial charge in [-0.2, -0.15) is 5.26 Å². The van der Waals surface area contributed by atoms with Gasteiger partial charge in [0.15, 0.2) is 0 Å². The van der Waals surface area contributed by atoms with E-state index in [4.69, 9.17) is 14.7 Å². The summed E-state index contributed by atoms with van der Waals surface area (Å²) in [5, 5.41) is 8.96. The van der Waals surface area contributed by atoms with Gasteiger partial charge < -0.3 is 9.47 Å². The zero-order valence-corrected chi connectivity index (χ0v) is 13.4. The minimum absolute atomic E-state index is 0.522. The van der Waals surface area contributed by atoms with Gasteiger partial charge in [0.1, 0.15) is 17.6 Å². The van der Waals surface area contributed by atoms with Crippen LogP contribution in [0.2, 0.25) is 0 Å². The second kappa shape index (κ2) is 7.70. The summed E-state index contributed by atoms with van der Waals surface area (Å²) in [6.45, 7) is 3.13. The topological polar surface area (TPSA) is 42.2 Å². The largest absolute Gasteiger partial charge is 0.493 e. The minimum atomic E-state index is 0.522. The van der Waals surface area contributed by atoms with E-state index in [1.165, 1.54) is 0 Å². The lowest BCUT2D eigenvalue weighted by Gasteiger charge is -2.09. The molecule has 4 heteroatoms. The quantitative estimate of drug-likeness (QED) is 0.725. The summed E-state index contributed by atoms with van der Waals surface area (Å²) in [6.07, 6.45) is 0.759. The Morgan fingerprint density at radius 2 is 1.86 bits per heavy atom. The number of ether oxygens (including phenoxy) is 2. The van der Waals surface area contributed by atoms with E-state index in [0.29, 0.717) is 24.5 Å². The van der Waals surface area contributed by atoms with Crippen molar-refractivity contribution in [2.45, 2.75) is 13.3 Å². The summed E-state index contributed by atoms with van der Waals surface area (Å²) in [4.78, 5) is 0. The van der Waals surface area contributed by atoms with Crippen molar-refractivity contribution in [1.82, 2.24) is 0 Å². The maximum absolute atomic E-state index is 8.96. The van der Waals surface area contributed by atoms with Crippen LogP contribution < -0.4 is 9.47 Å². The smallest absolute Gasteiger partial charge is 0.137 e. The Bertz CT molecular complexity index is 649. The van der Waals surface area contributed by atoms with Crippen LogP contribution in [-0.2, 0) is 0 Å². The zero-order valence-electron chi connectivity index (χ0n) is 11.8. The van der Waals surface area contributed by atoms with E-state index in [9.17, 15) is 0 Å². The number of hydrogen-bond acceptors (Lipinski definition) is 3. The molecule has 0 aliphatic rings. The van der Waals surface area contributed by atoms with E-state index in [1.807, 2.05) is 37.3 Å². The van der Waals surface area contributed by atoms with Crippen LogP contribution in [0.4, 0.5) is 0 Å². The Morgan fingerprint density at radius 3 is 2.62 bits per heavy atom. The second-order valence-electron chi connectivity index (χ2n) is 4.57. The van der Waals surface area contributed by atoms with Gasteiger partial charge in [-0.3, -0.25) is 0 Å². The van der Waals surface area contributed by atoms with Crippen LogP contribution in [0.25, 0.3) is 0 Å². The van der Waals surface area contributed by atoms with E-state index in [0.717, 1.165) is 22.2 Å². The fraction of sp³-hybridized carbons (Fsp3) is 0.235. The zero-order chi connectivity index (χ0) is 15.1. The highest BCUT2D eigenvalue weighted by molar-refractivity contribution is 9.10. The molecule has 0 heterocycles. The fourth-order valence-corrected chi connectivity index (χ4v) is 2.07. The standard InChI is InChI=1S/C17H16BrNO2/c1-13-11-15(7-8-16(13)18)20-9-4-10-21-17-6-3-2-5-14(17)12-19/h2-3,5-8,11H,4,9-10H2,1H3. The average molecular weight is 346 g/mol. The molecule has 21 heavy (non-hydrogen) atoms. The molecule has 0 saturated heterocycles. The van der Waals surface area contributed by atoms with Crippen LogP contribution >= 0.6 is 15.9 Å². The monoisotopic (exact) mass is 345 g/mol. The van der Waals surface area contributed by atoms with Gasteiger partial charge in [-0.15, -0.1) is 0 Å². The Morgan fingerprint density at radius 1 is 1.10 bits per heavy atom. The van der Waals surface area contributed by atoms with Crippen molar-refractivity contribution < 1.29 is 9.47 Å². The maximum atomic E-state index is 8.96. The van der Waals surface area contributed by atoms with Gasteiger partial charge in [-0.05, 0) is 42.8 Å². The van der Waals surface area contributed by atoms with E-state index in [2.05, 4.69) is 22.0 Å². The fourth-order valence-electron chi connectivity index (χ4n) is 1.82. The van der Waals surface area contributed by atoms with Crippen molar-refractivity contribution in [3.8, 4) is 17.6 Å². The summed E-state index contributed by atoms with van der Waals surface area (Å²) in [7, 11) is 0. The molecule has 0 aromatic heterocycles. The second-order valence-corrected chi connectivity index (χ2v) is 5.42. The number of halogens is 1. The highest BCUT2D eigenvalue weighted by atomic mass is 79.9. The lowest BCUT2D eigenvalue weighted by atomic mass is 10.2. The number of hydrogen-bond donors (Lipinski definition) is 0. The molecular formula is C17H16BrNO2. The van der Waals surface area contributed by atoms with E-state index in [-0.39, 0.29) is 0 Å². The number of benzene rings is 2. The van der Waals surface area contributed by atoms with Crippen molar-refractivity contribution in [2.75, 3.05) is 13.2 Å². The molecule has 2 aromatic rings. The van der Waals surface area contributed by atoms with Crippen LogP contribution in [0.15, 0.2) is 46.9 Å². The number of rotatable bonds is 6. The van der Waals surface area contributed by atoms with Crippen molar-refractivity contribution in [3.63, 3.8) is 0 Å². The number of nitriles is 1. The SMILES string of the molecule is Cc1cc(OCCCOc2ccccc2C#N)ccc1Br. The molecule has 0 atom stereocenters. The number of nitrogens with zero attached hydrogens (tertiary/aromatic N) is 1. The predicted octanol–water partition coefficient (Wildman–Crippen LogP) is 4.48. The van der Waals surface area contributed by atoms with Crippen molar-refractivity contribution in [3.05, 3.63) is 58.1 Å². The normalized spacial score (nSPS) is 9.95.